The molecule has 1 heterocycles. The van der Waals surface area contributed by atoms with Gasteiger partial charge in [0.05, 0.1) is 5.92 Å². The fourth-order valence-corrected chi connectivity index (χ4v) is 2.45. The Morgan fingerprint density at radius 3 is 2.69 bits per heavy atom. The second kappa shape index (κ2) is 3.96. The van der Waals surface area contributed by atoms with Gasteiger partial charge in [0, 0.05) is 12.4 Å². The van der Waals surface area contributed by atoms with Crippen LogP contribution in [0, 0.1) is 5.92 Å². The van der Waals surface area contributed by atoms with Crippen molar-refractivity contribution in [3.63, 3.8) is 0 Å². The fourth-order valence-electron chi connectivity index (χ4n) is 2.45. The van der Waals surface area contributed by atoms with Gasteiger partial charge in [-0.15, -0.1) is 0 Å². The largest absolute Gasteiger partial charge is 0.337 e. The first-order chi connectivity index (χ1) is 7.83. The van der Waals surface area contributed by atoms with Crippen molar-refractivity contribution in [1.82, 2.24) is 4.73 Å². The second-order valence-electron chi connectivity index (χ2n) is 4.97. The zero-order chi connectivity index (χ0) is 11.0. The summed E-state index contributed by atoms with van der Waals surface area (Å²) in [5.74, 6) is 0.786. The Balaban J connectivity index is 1.61. The smallest absolute Gasteiger partial charge is 0.335 e. The summed E-state index contributed by atoms with van der Waals surface area (Å²) >= 11 is 0. The minimum absolute atomic E-state index is 0.0598. The zero-order valence-electron chi connectivity index (χ0n) is 9.39. The molecule has 3 rings (SSSR count). The molecule has 0 amide bonds. The van der Waals surface area contributed by atoms with E-state index in [0.29, 0.717) is 5.92 Å². The molecule has 3 heteroatoms. The molecule has 0 spiro atoms. The van der Waals surface area contributed by atoms with Gasteiger partial charge in [0.2, 0.25) is 0 Å². The number of aromatic nitrogens is 1. The van der Waals surface area contributed by atoms with Crippen LogP contribution in [0.2, 0.25) is 0 Å². The number of hydrogen-bond donors (Lipinski definition) is 0. The van der Waals surface area contributed by atoms with Crippen molar-refractivity contribution in [3.05, 3.63) is 24.0 Å². The van der Waals surface area contributed by atoms with Gasteiger partial charge in [-0.1, -0.05) is 12.8 Å². The molecule has 0 radical (unpaired) electrons. The summed E-state index contributed by atoms with van der Waals surface area (Å²) in [6, 6.07) is 2.06. The molecule has 0 aromatic carbocycles. The summed E-state index contributed by atoms with van der Waals surface area (Å²) in [5, 5.41) is 0. The van der Waals surface area contributed by atoms with Crippen LogP contribution in [0.3, 0.4) is 0 Å². The number of carbonyl (C=O) groups is 1. The molecule has 2 aliphatic carbocycles. The normalized spacial score (nSPS) is 21.2. The first-order valence-corrected chi connectivity index (χ1v) is 6.23. The van der Waals surface area contributed by atoms with Crippen molar-refractivity contribution < 1.29 is 9.63 Å². The summed E-state index contributed by atoms with van der Waals surface area (Å²) < 4.78 is 1.58. The number of nitrogens with zero attached hydrogens (tertiary/aromatic N) is 1. The van der Waals surface area contributed by atoms with Crippen LogP contribution in [-0.4, -0.2) is 10.7 Å². The molecule has 0 atom stereocenters. The van der Waals surface area contributed by atoms with Gasteiger partial charge >= 0.3 is 5.97 Å². The highest BCUT2D eigenvalue weighted by Gasteiger charge is 2.26. The van der Waals surface area contributed by atoms with Gasteiger partial charge in [-0.25, -0.2) is 4.79 Å². The maximum absolute atomic E-state index is 11.8. The minimum atomic E-state index is -0.0598. The average molecular weight is 219 g/mol. The molecule has 1 aromatic heterocycles. The molecule has 0 unspecified atom stereocenters. The molecule has 2 aliphatic rings. The summed E-state index contributed by atoms with van der Waals surface area (Å²) in [6.07, 6.45) is 10.7. The minimum Gasteiger partial charge on any atom is -0.337 e. The summed E-state index contributed by atoms with van der Waals surface area (Å²) in [7, 11) is 0. The van der Waals surface area contributed by atoms with Crippen molar-refractivity contribution in [3.8, 4) is 0 Å². The van der Waals surface area contributed by atoms with E-state index in [4.69, 9.17) is 4.84 Å². The molecule has 0 aliphatic heterocycles. The molecular formula is C13H17NO2. The van der Waals surface area contributed by atoms with E-state index in [0.717, 1.165) is 12.8 Å². The standard InChI is InChI=1S/C13H17NO2/c15-13(11-3-1-2-4-11)16-14-8-7-12(9-14)10-5-6-10/h7-11H,1-6H2. The highest BCUT2D eigenvalue weighted by molar-refractivity contribution is 5.73. The van der Waals surface area contributed by atoms with Gasteiger partial charge in [-0.2, -0.15) is 4.73 Å². The lowest BCUT2D eigenvalue weighted by molar-refractivity contribution is -0.148. The van der Waals surface area contributed by atoms with Crippen LogP contribution >= 0.6 is 0 Å². The van der Waals surface area contributed by atoms with E-state index in [1.54, 1.807) is 4.73 Å². The van der Waals surface area contributed by atoms with Crippen LogP contribution in [0.25, 0.3) is 0 Å². The third-order valence-electron chi connectivity index (χ3n) is 3.62. The Kier molecular flexibility index (Phi) is 2.46. The number of hydrogen-bond acceptors (Lipinski definition) is 2. The number of carbonyl (C=O) groups excluding carboxylic acids is 1. The molecule has 0 bridgehead atoms. The third-order valence-corrected chi connectivity index (χ3v) is 3.62. The predicted octanol–water partition coefficient (Wildman–Crippen LogP) is 2.51. The van der Waals surface area contributed by atoms with Crippen LogP contribution in [0.1, 0.15) is 50.0 Å². The van der Waals surface area contributed by atoms with Crippen LogP contribution < -0.4 is 4.84 Å². The maximum atomic E-state index is 11.8. The van der Waals surface area contributed by atoms with Gasteiger partial charge in [-0.05, 0) is 43.2 Å². The SMILES string of the molecule is O=C(On1ccc(C2CC2)c1)C1CCCC1. The van der Waals surface area contributed by atoms with E-state index < -0.39 is 0 Å². The topological polar surface area (TPSA) is 31.2 Å². The first kappa shape index (κ1) is 9.94. The Hall–Kier alpha value is -1.25. The van der Waals surface area contributed by atoms with E-state index in [-0.39, 0.29) is 11.9 Å². The van der Waals surface area contributed by atoms with E-state index >= 15 is 0 Å². The van der Waals surface area contributed by atoms with Crippen molar-refractivity contribution in [1.29, 1.82) is 0 Å². The lowest BCUT2D eigenvalue weighted by atomic mass is 10.1. The molecule has 2 fully saturated rings. The van der Waals surface area contributed by atoms with E-state index in [2.05, 4.69) is 6.07 Å². The summed E-state index contributed by atoms with van der Waals surface area (Å²) in [4.78, 5) is 17.1. The van der Waals surface area contributed by atoms with E-state index in [1.807, 2.05) is 12.4 Å². The van der Waals surface area contributed by atoms with Crippen LogP contribution in [0.4, 0.5) is 0 Å². The van der Waals surface area contributed by atoms with Gasteiger partial charge in [0.25, 0.3) is 0 Å². The molecule has 86 valence electrons. The maximum Gasteiger partial charge on any atom is 0.335 e. The monoisotopic (exact) mass is 219 g/mol. The quantitative estimate of drug-likeness (QED) is 0.782. The van der Waals surface area contributed by atoms with Crippen molar-refractivity contribution >= 4 is 5.97 Å². The molecule has 16 heavy (non-hydrogen) atoms. The molecule has 3 nitrogen and oxygen atoms in total. The highest BCUT2D eigenvalue weighted by Crippen LogP contribution is 2.39. The van der Waals surface area contributed by atoms with Crippen LogP contribution in [0.5, 0.6) is 0 Å². The molecular weight excluding hydrogens is 202 g/mol. The lowest BCUT2D eigenvalue weighted by Gasteiger charge is -2.08. The molecule has 2 saturated carbocycles. The first-order valence-electron chi connectivity index (χ1n) is 6.23. The van der Waals surface area contributed by atoms with E-state index in [9.17, 15) is 4.79 Å². The second-order valence-corrected chi connectivity index (χ2v) is 4.97. The Labute approximate surface area is 95.4 Å². The predicted molar refractivity (Wildman–Crippen MR) is 60.0 cm³/mol. The Morgan fingerprint density at radius 1 is 1.25 bits per heavy atom. The van der Waals surface area contributed by atoms with Crippen LogP contribution in [0.15, 0.2) is 18.5 Å². The van der Waals surface area contributed by atoms with Crippen molar-refractivity contribution in [2.75, 3.05) is 0 Å². The molecule has 0 N–H and O–H groups in total. The van der Waals surface area contributed by atoms with Gasteiger partial charge in [-0.3, -0.25) is 0 Å². The zero-order valence-corrected chi connectivity index (χ0v) is 9.39. The average Bonchev–Trinajstić information content (AvgIpc) is 2.82. The van der Waals surface area contributed by atoms with E-state index in [1.165, 1.54) is 31.2 Å². The van der Waals surface area contributed by atoms with Crippen molar-refractivity contribution in [2.45, 2.75) is 44.4 Å². The third kappa shape index (κ3) is 1.99. The summed E-state index contributed by atoms with van der Waals surface area (Å²) in [6.45, 7) is 0. The van der Waals surface area contributed by atoms with Gasteiger partial charge in [0.15, 0.2) is 0 Å². The lowest BCUT2D eigenvalue weighted by Crippen LogP contribution is -2.24. The number of rotatable bonds is 3. The Bertz CT molecular complexity index is 386. The summed E-state index contributed by atoms with van der Waals surface area (Å²) in [5.41, 5.74) is 1.30. The van der Waals surface area contributed by atoms with Crippen LogP contribution in [-0.2, 0) is 4.79 Å². The van der Waals surface area contributed by atoms with Crippen molar-refractivity contribution in [2.24, 2.45) is 5.92 Å². The fraction of sp³-hybridized carbons (Fsp3) is 0.615. The Morgan fingerprint density at radius 2 is 2.00 bits per heavy atom. The van der Waals surface area contributed by atoms with Gasteiger partial charge in [0.1, 0.15) is 0 Å². The molecule has 0 saturated heterocycles. The van der Waals surface area contributed by atoms with Gasteiger partial charge < -0.3 is 4.84 Å². The highest BCUT2D eigenvalue weighted by atomic mass is 16.7. The molecule has 1 aromatic rings.